The summed E-state index contributed by atoms with van der Waals surface area (Å²) in [7, 11) is 0. The van der Waals surface area contributed by atoms with Crippen LogP contribution in [0.3, 0.4) is 0 Å². The van der Waals surface area contributed by atoms with Gasteiger partial charge in [-0.25, -0.2) is 0 Å². The average Bonchev–Trinajstić information content (AvgIpc) is 2.72. The van der Waals surface area contributed by atoms with E-state index in [-0.39, 0.29) is 17.7 Å². The Morgan fingerprint density at radius 1 is 1.00 bits per heavy atom. The van der Waals surface area contributed by atoms with Crippen LogP contribution in [0, 0.1) is 5.92 Å². The summed E-state index contributed by atoms with van der Waals surface area (Å²) >= 11 is 12.0. The molecule has 0 radical (unpaired) electrons. The molecule has 1 saturated heterocycles. The van der Waals surface area contributed by atoms with Gasteiger partial charge < -0.3 is 10.2 Å². The van der Waals surface area contributed by atoms with E-state index in [9.17, 15) is 9.59 Å². The van der Waals surface area contributed by atoms with Gasteiger partial charge in [0.25, 0.3) is 5.91 Å². The Hall–Kier alpha value is -2.04. The second-order valence-corrected chi connectivity index (χ2v) is 8.73. The van der Waals surface area contributed by atoms with Crippen LogP contribution in [0.2, 0.25) is 10.0 Å². The monoisotopic (exact) mass is 432 g/mol. The molecule has 0 spiro atoms. The summed E-state index contributed by atoms with van der Waals surface area (Å²) in [6.45, 7) is 5.26. The van der Waals surface area contributed by atoms with Crippen molar-refractivity contribution >= 4 is 35.0 Å². The zero-order chi connectivity index (χ0) is 21.0. The van der Waals surface area contributed by atoms with Crippen LogP contribution in [0.4, 0.5) is 0 Å². The number of piperidine rings is 1. The lowest BCUT2D eigenvalue weighted by Gasteiger charge is -2.35. The van der Waals surface area contributed by atoms with Gasteiger partial charge in [-0.2, -0.15) is 0 Å². The molecule has 1 aliphatic heterocycles. The molecule has 2 amide bonds. The van der Waals surface area contributed by atoms with E-state index in [4.69, 9.17) is 23.2 Å². The lowest BCUT2D eigenvalue weighted by Crippen LogP contribution is -2.52. The van der Waals surface area contributed by atoms with E-state index >= 15 is 0 Å². The number of hydrogen-bond donors (Lipinski definition) is 1. The van der Waals surface area contributed by atoms with Gasteiger partial charge in [0.15, 0.2) is 0 Å². The molecular formula is C23H26Cl2N2O2. The summed E-state index contributed by atoms with van der Waals surface area (Å²) < 4.78 is 0. The van der Waals surface area contributed by atoms with Crippen LogP contribution in [0.5, 0.6) is 0 Å². The minimum Gasteiger partial charge on any atom is -0.341 e. The van der Waals surface area contributed by atoms with Crippen molar-refractivity contribution in [3.05, 3.63) is 69.7 Å². The first-order valence-corrected chi connectivity index (χ1v) is 10.7. The van der Waals surface area contributed by atoms with Crippen LogP contribution < -0.4 is 5.32 Å². The summed E-state index contributed by atoms with van der Waals surface area (Å²) in [4.78, 5) is 27.6. The van der Waals surface area contributed by atoms with Crippen molar-refractivity contribution in [2.45, 2.75) is 38.6 Å². The highest BCUT2D eigenvalue weighted by molar-refractivity contribution is 6.31. The van der Waals surface area contributed by atoms with Crippen LogP contribution >= 0.6 is 23.2 Å². The van der Waals surface area contributed by atoms with Gasteiger partial charge in [0.05, 0.1) is 0 Å². The molecule has 1 atom stereocenters. The molecule has 154 valence electrons. The standard InChI is InChI=1S/C23H26Cl2N2O2/c1-15(2)21(26-22(28)18-4-3-5-20(25)14-18)23(29)27-12-10-17(11-13-27)16-6-8-19(24)9-7-16/h3-9,14-15,17,21H,10-13H2,1-2H3,(H,26,28)/t21-/m1/s1. The van der Waals surface area contributed by atoms with E-state index in [0.717, 1.165) is 17.9 Å². The number of likely N-dealkylation sites (tertiary alicyclic amines) is 1. The molecule has 1 fully saturated rings. The van der Waals surface area contributed by atoms with Crippen LogP contribution in [-0.4, -0.2) is 35.8 Å². The third-order valence-electron chi connectivity index (χ3n) is 5.45. The van der Waals surface area contributed by atoms with Gasteiger partial charge in [-0.05, 0) is 60.6 Å². The largest absolute Gasteiger partial charge is 0.341 e. The van der Waals surface area contributed by atoms with Crippen LogP contribution in [0.15, 0.2) is 48.5 Å². The number of nitrogens with one attached hydrogen (secondary N) is 1. The normalized spacial score (nSPS) is 16.0. The fraction of sp³-hybridized carbons (Fsp3) is 0.391. The summed E-state index contributed by atoms with van der Waals surface area (Å²) in [5.41, 5.74) is 1.72. The van der Waals surface area contributed by atoms with E-state index in [1.807, 2.05) is 30.9 Å². The summed E-state index contributed by atoms with van der Waals surface area (Å²) in [6.07, 6.45) is 1.81. The van der Waals surface area contributed by atoms with E-state index in [1.54, 1.807) is 24.3 Å². The van der Waals surface area contributed by atoms with Crippen LogP contribution in [-0.2, 0) is 4.79 Å². The van der Waals surface area contributed by atoms with Crippen molar-refractivity contribution in [1.82, 2.24) is 10.2 Å². The number of halogens is 2. The summed E-state index contributed by atoms with van der Waals surface area (Å²) in [5.74, 6) is 0.107. The minimum atomic E-state index is -0.562. The second-order valence-electron chi connectivity index (χ2n) is 7.86. The third kappa shape index (κ3) is 5.52. The summed E-state index contributed by atoms with van der Waals surface area (Å²) in [6, 6.07) is 14.1. The Balaban J connectivity index is 1.62. The number of rotatable bonds is 5. The van der Waals surface area contributed by atoms with Gasteiger partial charge in [-0.3, -0.25) is 9.59 Å². The highest BCUT2D eigenvalue weighted by atomic mass is 35.5. The van der Waals surface area contributed by atoms with Crippen molar-refractivity contribution < 1.29 is 9.59 Å². The number of nitrogens with zero attached hydrogens (tertiary/aromatic N) is 1. The first-order chi connectivity index (χ1) is 13.8. The Morgan fingerprint density at radius 3 is 2.24 bits per heavy atom. The maximum absolute atomic E-state index is 13.1. The average molecular weight is 433 g/mol. The third-order valence-corrected chi connectivity index (χ3v) is 5.94. The first-order valence-electron chi connectivity index (χ1n) is 9.96. The van der Waals surface area contributed by atoms with E-state index in [1.165, 1.54) is 5.56 Å². The quantitative estimate of drug-likeness (QED) is 0.709. The minimum absolute atomic E-state index is 0.0142. The van der Waals surface area contributed by atoms with Crippen molar-refractivity contribution in [1.29, 1.82) is 0 Å². The molecule has 0 bridgehead atoms. The van der Waals surface area contributed by atoms with E-state index in [2.05, 4.69) is 17.4 Å². The molecule has 0 saturated carbocycles. The molecule has 1 aliphatic rings. The van der Waals surface area contributed by atoms with Gasteiger partial charge in [-0.1, -0.05) is 55.2 Å². The van der Waals surface area contributed by atoms with Gasteiger partial charge in [0, 0.05) is 28.7 Å². The maximum Gasteiger partial charge on any atom is 0.251 e. The van der Waals surface area contributed by atoms with Gasteiger partial charge in [0.1, 0.15) is 6.04 Å². The molecular weight excluding hydrogens is 407 g/mol. The molecule has 29 heavy (non-hydrogen) atoms. The first kappa shape index (κ1) is 21.7. The Bertz CT molecular complexity index is 859. The number of hydrogen-bond acceptors (Lipinski definition) is 2. The zero-order valence-corrected chi connectivity index (χ0v) is 18.2. The molecule has 4 nitrogen and oxygen atoms in total. The molecule has 1 N–H and O–H groups in total. The van der Waals surface area contributed by atoms with Crippen molar-refractivity contribution in [2.24, 2.45) is 5.92 Å². The number of benzene rings is 2. The Labute approximate surface area is 182 Å². The van der Waals surface area contributed by atoms with Crippen LogP contribution in [0.25, 0.3) is 0 Å². The molecule has 0 aliphatic carbocycles. The van der Waals surface area contributed by atoms with Crippen molar-refractivity contribution in [2.75, 3.05) is 13.1 Å². The molecule has 0 unspecified atom stereocenters. The highest BCUT2D eigenvalue weighted by Gasteiger charge is 2.31. The van der Waals surface area contributed by atoms with Crippen LogP contribution in [0.1, 0.15) is 48.5 Å². The number of carbonyl (C=O) groups is 2. The fourth-order valence-electron chi connectivity index (χ4n) is 3.73. The fourth-order valence-corrected chi connectivity index (χ4v) is 4.05. The predicted octanol–water partition coefficient (Wildman–Crippen LogP) is 5.15. The maximum atomic E-state index is 13.1. The Kier molecular flexibility index (Phi) is 7.20. The molecule has 3 rings (SSSR count). The zero-order valence-electron chi connectivity index (χ0n) is 16.7. The predicted molar refractivity (Wildman–Crippen MR) is 118 cm³/mol. The lowest BCUT2D eigenvalue weighted by atomic mass is 9.89. The molecule has 0 aromatic heterocycles. The number of carbonyl (C=O) groups excluding carboxylic acids is 2. The molecule has 2 aromatic rings. The number of amides is 2. The second kappa shape index (κ2) is 9.64. The van der Waals surface area contributed by atoms with E-state index in [0.29, 0.717) is 29.6 Å². The van der Waals surface area contributed by atoms with Gasteiger partial charge >= 0.3 is 0 Å². The van der Waals surface area contributed by atoms with Gasteiger partial charge in [0.2, 0.25) is 5.91 Å². The molecule has 2 aromatic carbocycles. The molecule has 6 heteroatoms. The van der Waals surface area contributed by atoms with Gasteiger partial charge in [-0.15, -0.1) is 0 Å². The van der Waals surface area contributed by atoms with Crippen molar-refractivity contribution in [3.8, 4) is 0 Å². The Morgan fingerprint density at radius 2 is 1.66 bits per heavy atom. The molecule has 1 heterocycles. The van der Waals surface area contributed by atoms with Crippen molar-refractivity contribution in [3.63, 3.8) is 0 Å². The summed E-state index contributed by atoms with van der Waals surface area (Å²) in [5, 5.41) is 4.13. The lowest BCUT2D eigenvalue weighted by molar-refractivity contribution is -0.135. The topological polar surface area (TPSA) is 49.4 Å². The van der Waals surface area contributed by atoms with E-state index < -0.39 is 6.04 Å². The highest BCUT2D eigenvalue weighted by Crippen LogP contribution is 2.29. The smallest absolute Gasteiger partial charge is 0.251 e. The SMILES string of the molecule is CC(C)[C@@H](NC(=O)c1cccc(Cl)c1)C(=O)N1CCC(c2ccc(Cl)cc2)CC1.